The minimum absolute atomic E-state index is 0.0356. The third kappa shape index (κ3) is 3.21. The Hall–Kier alpha value is -2.34. The molecule has 1 atom stereocenters. The van der Waals surface area contributed by atoms with Crippen molar-refractivity contribution in [2.45, 2.75) is 51.6 Å². The number of hydrogen-bond donors (Lipinski definition) is 2. The number of halogens is 1. The molecule has 0 saturated carbocycles. The molecule has 7 heteroatoms. The van der Waals surface area contributed by atoms with Crippen LogP contribution in [0.1, 0.15) is 43.4 Å². The van der Waals surface area contributed by atoms with Gasteiger partial charge in [-0.05, 0) is 24.1 Å². The Balaban J connectivity index is 1.44. The first kappa shape index (κ1) is 17.1. The van der Waals surface area contributed by atoms with Gasteiger partial charge in [-0.2, -0.15) is 0 Å². The standard InChI is InChI=1S/C19H22ClN5O/c1-11(2)19-24-23-17-6-4-14(10-25(17)19)22-18(26)7-12-9-21-16-8-13(20)3-5-15(12)16/h3,5,8-9,11,14,21H,4,6-7,10H2,1-2H3,(H,22,26)/t14-/m1/s1. The van der Waals surface area contributed by atoms with Crippen LogP contribution in [0, 0.1) is 0 Å². The fourth-order valence-electron chi connectivity index (χ4n) is 3.65. The first-order valence-electron chi connectivity index (χ1n) is 8.98. The van der Waals surface area contributed by atoms with E-state index in [2.05, 4.69) is 38.9 Å². The van der Waals surface area contributed by atoms with Crippen LogP contribution in [0.4, 0.5) is 0 Å². The molecule has 3 heterocycles. The molecule has 0 radical (unpaired) electrons. The molecule has 6 nitrogen and oxygen atoms in total. The molecule has 0 bridgehead atoms. The second kappa shape index (κ2) is 6.76. The molecule has 26 heavy (non-hydrogen) atoms. The third-order valence-corrected chi connectivity index (χ3v) is 5.17. The number of aromatic nitrogens is 4. The van der Waals surface area contributed by atoms with Gasteiger partial charge in [-0.1, -0.05) is 31.5 Å². The van der Waals surface area contributed by atoms with Gasteiger partial charge in [0, 0.05) is 47.0 Å². The number of benzene rings is 1. The summed E-state index contributed by atoms with van der Waals surface area (Å²) in [6, 6.07) is 5.79. The number of nitrogens with one attached hydrogen (secondary N) is 2. The van der Waals surface area contributed by atoms with E-state index in [4.69, 9.17) is 11.6 Å². The molecule has 0 spiro atoms. The highest BCUT2D eigenvalue weighted by molar-refractivity contribution is 6.31. The van der Waals surface area contributed by atoms with Crippen molar-refractivity contribution in [2.75, 3.05) is 0 Å². The zero-order chi connectivity index (χ0) is 18.3. The molecule has 1 aromatic carbocycles. The van der Waals surface area contributed by atoms with E-state index < -0.39 is 0 Å². The summed E-state index contributed by atoms with van der Waals surface area (Å²) in [5.41, 5.74) is 1.94. The lowest BCUT2D eigenvalue weighted by molar-refractivity contribution is -0.121. The monoisotopic (exact) mass is 371 g/mol. The molecule has 0 aliphatic carbocycles. The number of H-pyrrole nitrogens is 1. The number of nitrogens with zero attached hydrogens (tertiary/aromatic N) is 3. The lowest BCUT2D eigenvalue weighted by Crippen LogP contribution is -2.42. The summed E-state index contributed by atoms with van der Waals surface area (Å²) in [5, 5.41) is 13.5. The third-order valence-electron chi connectivity index (χ3n) is 4.94. The fraction of sp³-hybridized carbons (Fsp3) is 0.421. The van der Waals surface area contributed by atoms with Gasteiger partial charge in [0.25, 0.3) is 0 Å². The molecule has 136 valence electrons. The summed E-state index contributed by atoms with van der Waals surface area (Å²) in [4.78, 5) is 15.7. The molecule has 0 unspecified atom stereocenters. The van der Waals surface area contributed by atoms with Gasteiger partial charge in [-0.3, -0.25) is 4.79 Å². The quantitative estimate of drug-likeness (QED) is 0.739. The summed E-state index contributed by atoms with van der Waals surface area (Å²) < 4.78 is 2.16. The van der Waals surface area contributed by atoms with Crippen LogP contribution >= 0.6 is 11.6 Å². The Kier molecular flexibility index (Phi) is 4.44. The van der Waals surface area contributed by atoms with Crippen molar-refractivity contribution >= 4 is 28.4 Å². The molecule has 1 aliphatic heterocycles. The van der Waals surface area contributed by atoms with Gasteiger partial charge in [0.1, 0.15) is 11.6 Å². The maximum absolute atomic E-state index is 12.6. The normalized spacial score (nSPS) is 16.8. The van der Waals surface area contributed by atoms with E-state index in [-0.39, 0.29) is 11.9 Å². The van der Waals surface area contributed by atoms with E-state index in [1.807, 2.05) is 24.4 Å². The molecule has 1 aliphatic rings. The van der Waals surface area contributed by atoms with E-state index in [0.29, 0.717) is 17.4 Å². The Morgan fingerprint density at radius 1 is 1.42 bits per heavy atom. The molecule has 2 aromatic heterocycles. The minimum Gasteiger partial charge on any atom is -0.361 e. The van der Waals surface area contributed by atoms with Crippen LogP contribution in [0.3, 0.4) is 0 Å². The number of aryl methyl sites for hydroxylation is 1. The Morgan fingerprint density at radius 2 is 2.27 bits per heavy atom. The lowest BCUT2D eigenvalue weighted by Gasteiger charge is -2.26. The number of carbonyl (C=O) groups excluding carboxylic acids is 1. The van der Waals surface area contributed by atoms with Gasteiger partial charge in [0.05, 0.1) is 6.42 Å². The Labute approximate surface area is 156 Å². The maximum atomic E-state index is 12.6. The summed E-state index contributed by atoms with van der Waals surface area (Å²) in [6.07, 6.45) is 3.97. The summed E-state index contributed by atoms with van der Waals surface area (Å²) in [6.45, 7) is 4.97. The number of aromatic amines is 1. The molecule has 2 N–H and O–H groups in total. The molecule has 1 amide bonds. The fourth-order valence-corrected chi connectivity index (χ4v) is 3.82. The number of rotatable bonds is 4. The molecule has 0 saturated heterocycles. The molecular weight excluding hydrogens is 350 g/mol. The average molecular weight is 372 g/mol. The highest BCUT2D eigenvalue weighted by Crippen LogP contribution is 2.23. The van der Waals surface area contributed by atoms with Crippen LogP contribution in [0.2, 0.25) is 5.02 Å². The van der Waals surface area contributed by atoms with Crippen molar-refractivity contribution in [3.05, 3.63) is 46.6 Å². The molecule has 3 aromatic rings. The second-order valence-electron chi connectivity index (χ2n) is 7.22. The van der Waals surface area contributed by atoms with E-state index in [1.54, 1.807) is 0 Å². The van der Waals surface area contributed by atoms with Gasteiger partial charge in [-0.25, -0.2) is 0 Å². The Morgan fingerprint density at radius 3 is 3.08 bits per heavy atom. The number of carbonyl (C=O) groups is 1. The average Bonchev–Trinajstić information content (AvgIpc) is 3.18. The minimum atomic E-state index is 0.0356. The largest absolute Gasteiger partial charge is 0.361 e. The van der Waals surface area contributed by atoms with Crippen LogP contribution in [-0.2, 0) is 24.2 Å². The van der Waals surface area contributed by atoms with Crippen LogP contribution in [-0.4, -0.2) is 31.7 Å². The topological polar surface area (TPSA) is 75.6 Å². The summed E-state index contributed by atoms with van der Waals surface area (Å²) >= 11 is 6.02. The van der Waals surface area contributed by atoms with Gasteiger partial charge < -0.3 is 14.9 Å². The second-order valence-corrected chi connectivity index (χ2v) is 7.66. The van der Waals surface area contributed by atoms with Crippen LogP contribution in [0.5, 0.6) is 0 Å². The van der Waals surface area contributed by atoms with Crippen molar-refractivity contribution < 1.29 is 4.79 Å². The first-order chi connectivity index (χ1) is 12.5. The van der Waals surface area contributed by atoms with Crippen molar-refractivity contribution in [1.82, 2.24) is 25.1 Å². The van der Waals surface area contributed by atoms with Crippen LogP contribution < -0.4 is 5.32 Å². The highest BCUT2D eigenvalue weighted by atomic mass is 35.5. The van der Waals surface area contributed by atoms with Gasteiger partial charge in [0.15, 0.2) is 0 Å². The lowest BCUT2D eigenvalue weighted by atomic mass is 10.0. The zero-order valence-electron chi connectivity index (χ0n) is 14.9. The van der Waals surface area contributed by atoms with Crippen molar-refractivity contribution in [3.8, 4) is 0 Å². The summed E-state index contributed by atoms with van der Waals surface area (Å²) in [7, 11) is 0. The van der Waals surface area contributed by atoms with E-state index in [9.17, 15) is 4.79 Å². The van der Waals surface area contributed by atoms with Crippen molar-refractivity contribution in [3.63, 3.8) is 0 Å². The predicted molar refractivity (Wildman–Crippen MR) is 101 cm³/mol. The first-order valence-corrected chi connectivity index (χ1v) is 9.36. The SMILES string of the molecule is CC(C)c1nnc2n1C[C@H](NC(=O)Cc1c[nH]c3cc(Cl)ccc13)CC2. The Bertz CT molecular complexity index is 958. The maximum Gasteiger partial charge on any atom is 0.224 e. The van der Waals surface area contributed by atoms with E-state index >= 15 is 0 Å². The van der Waals surface area contributed by atoms with Gasteiger partial charge in [0.2, 0.25) is 5.91 Å². The predicted octanol–water partition coefficient (Wildman–Crippen LogP) is 3.21. The highest BCUT2D eigenvalue weighted by Gasteiger charge is 2.25. The van der Waals surface area contributed by atoms with Gasteiger partial charge >= 0.3 is 0 Å². The van der Waals surface area contributed by atoms with Crippen LogP contribution in [0.25, 0.3) is 10.9 Å². The number of hydrogen-bond acceptors (Lipinski definition) is 3. The van der Waals surface area contributed by atoms with Crippen molar-refractivity contribution in [1.29, 1.82) is 0 Å². The van der Waals surface area contributed by atoms with Crippen molar-refractivity contribution in [2.24, 2.45) is 0 Å². The molecule has 4 rings (SSSR count). The summed E-state index contributed by atoms with van der Waals surface area (Å²) in [5.74, 6) is 2.37. The molecular formula is C19H22ClN5O. The number of amides is 1. The van der Waals surface area contributed by atoms with E-state index in [0.717, 1.165) is 47.5 Å². The zero-order valence-corrected chi connectivity index (χ0v) is 15.7. The molecule has 0 fully saturated rings. The van der Waals surface area contributed by atoms with Gasteiger partial charge in [-0.15, -0.1) is 10.2 Å². The van der Waals surface area contributed by atoms with E-state index in [1.165, 1.54) is 0 Å². The van der Waals surface area contributed by atoms with Crippen LogP contribution in [0.15, 0.2) is 24.4 Å². The smallest absolute Gasteiger partial charge is 0.224 e. The number of fused-ring (bicyclic) bond motifs is 2.